The van der Waals surface area contributed by atoms with Crippen molar-refractivity contribution in [2.75, 3.05) is 6.79 Å². The molecule has 3 aromatic rings. The van der Waals surface area contributed by atoms with E-state index in [4.69, 9.17) is 14.2 Å². The van der Waals surface area contributed by atoms with Gasteiger partial charge in [-0.25, -0.2) is 0 Å². The predicted molar refractivity (Wildman–Crippen MR) is 109 cm³/mol. The third-order valence-corrected chi connectivity index (χ3v) is 5.40. The summed E-state index contributed by atoms with van der Waals surface area (Å²) in [7, 11) is 0. The molecule has 0 amide bonds. The quantitative estimate of drug-likeness (QED) is 0.495. The van der Waals surface area contributed by atoms with Crippen LogP contribution in [0, 0.1) is 0 Å². The molecule has 140 valence electrons. The molecule has 1 heterocycles. The Morgan fingerprint density at radius 1 is 0.821 bits per heavy atom. The molecule has 1 aliphatic carbocycles. The zero-order chi connectivity index (χ0) is 18.8. The molecular weight excluding hydrogens is 348 g/mol. The zero-order valence-corrected chi connectivity index (χ0v) is 15.6. The van der Waals surface area contributed by atoms with Crippen LogP contribution in [0.1, 0.15) is 24.0 Å². The molecule has 0 saturated heterocycles. The first kappa shape index (κ1) is 16.9. The third kappa shape index (κ3) is 3.48. The average molecular weight is 370 g/mol. The molecule has 3 aromatic carbocycles. The highest BCUT2D eigenvalue weighted by Crippen LogP contribution is 2.51. The standard InChI is InChI=1S/C25H22O3/c1-2-8-21(9-3-1)28-22-10-4-6-19(16-22)7-5-13-25(14-15-25)20-11-12-23-24(17-20)27-18-26-23/h1-6,8-13,16-17H,7,14-15,18H2/b13-5+. The molecule has 1 aliphatic heterocycles. The molecule has 3 nitrogen and oxygen atoms in total. The number of allylic oxidation sites excluding steroid dienone is 2. The van der Waals surface area contributed by atoms with Gasteiger partial charge in [0.25, 0.3) is 0 Å². The number of hydrogen-bond acceptors (Lipinski definition) is 3. The molecule has 0 radical (unpaired) electrons. The molecule has 3 heteroatoms. The maximum absolute atomic E-state index is 5.94. The van der Waals surface area contributed by atoms with Crippen molar-refractivity contribution in [3.8, 4) is 23.0 Å². The van der Waals surface area contributed by atoms with Crippen LogP contribution in [0.4, 0.5) is 0 Å². The van der Waals surface area contributed by atoms with E-state index in [0.717, 1.165) is 29.4 Å². The maximum atomic E-state index is 5.94. The highest BCUT2D eigenvalue weighted by atomic mass is 16.7. The second-order valence-electron chi connectivity index (χ2n) is 7.39. The summed E-state index contributed by atoms with van der Waals surface area (Å²) in [5.41, 5.74) is 2.71. The van der Waals surface area contributed by atoms with Crippen LogP contribution in [0.5, 0.6) is 23.0 Å². The van der Waals surface area contributed by atoms with E-state index in [2.05, 4.69) is 36.4 Å². The average Bonchev–Trinajstić information content (AvgIpc) is 3.36. The van der Waals surface area contributed by atoms with Crippen LogP contribution in [0.2, 0.25) is 0 Å². The van der Waals surface area contributed by atoms with Crippen molar-refractivity contribution < 1.29 is 14.2 Å². The Morgan fingerprint density at radius 2 is 1.64 bits per heavy atom. The molecule has 5 rings (SSSR count). The summed E-state index contributed by atoms with van der Waals surface area (Å²) in [4.78, 5) is 0. The van der Waals surface area contributed by atoms with Gasteiger partial charge in [0.1, 0.15) is 11.5 Å². The van der Waals surface area contributed by atoms with E-state index in [9.17, 15) is 0 Å². The smallest absolute Gasteiger partial charge is 0.231 e. The Morgan fingerprint density at radius 3 is 2.50 bits per heavy atom. The van der Waals surface area contributed by atoms with E-state index in [1.807, 2.05) is 48.5 Å². The summed E-state index contributed by atoms with van der Waals surface area (Å²) >= 11 is 0. The minimum Gasteiger partial charge on any atom is -0.457 e. The van der Waals surface area contributed by atoms with E-state index < -0.39 is 0 Å². The zero-order valence-electron chi connectivity index (χ0n) is 15.6. The molecule has 0 spiro atoms. The number of hydrogen-bond donors (Lipinski definition) is 0. The van der Waals surface area contributed by atoms with Crippen LogP contribution >= 0.6 is 0 Å². The lowest BCUT2D eigenvalue weighted by molar-refractivity contribution is 0.174. The molecule has 0 aromatic heterocycles. The minimum absolute atomic E-state index is 0.152. The van der Waals surface area contributed by atoms with Gasteiger partial charge >= 0.3 is 0 Å². The van der Waals surface area contributed by atoms with Crippen molar-refractivity contribution in [2.24, 2.45) is 0 Å². The van der Waals surface area contributed by atoms with Crippen LogP contribution < -0.4 is 14.2 Å². The molecular formula is C25H22O3. The van der Waals surface area contributed by atoms with Gasteiger partial charge in [0.2, 0.25) is 6.79 Å². The summed E-state index contributed by atoms with van der Waals surface area (Å²) in [5, 5.41) is 0. The van der Waals surface area contributed by atoms with Gasteiger partial charge in [0, 0.05) is 5.41 Å². The summed E-state index contributed by atoms with van der Waals surface area (Å²) in [6.45, 7) is 0.322. The lowest BCUT2D eigenvalue weighted by atomic mass is 9.94. The molecule has 0 bridgehead atoms. The molecule has 28 heavy (non-hydrogen) atoms. The molecule has 2 aliphatic rings. The topological polar surface area (TPSA) is 27.7 Å². The van der Waals surface area contributed by atoms with Crippen molar-refractivity contribution in [1.82, 2.24) is 0 Å². The van der Waals surface area contributed by atoms with E-state index in [1.54, 1.807) is 0 Å². The number of rotatable bonds is 6. The molecule has 1 fully saturated rings. The summed E-state index contributed by atoms with van der Waals surface area (Å²) in [5.74, 6) is 3.44. The SMILES string of the molecule is C(=C\C1(c2ccc3c(c2)OCO3)CC1)/Cc1cccc(Oc2ccccc2)c1. The van der Waals surface area contributed by atoms with Crippen molar-refractivity contribution in [1.29, 1.82) is 0 Å². The first-order chi connectivity index (χ1) is 13.8. The van der Waals surface area contributed by atoms with Gasteiger partial charge < -0.3 is 14.2 Å². The van der Waals surface area contributed by atoms with Gasteiger partial charge in [0.05, 0.1) is 0 Å². The fourth-order valence-corrected chi connectivity index (χ4v) is 3.67. The van der Waals surface area contributed by atoms with Crippen molar-refractivity contribution in [3.05, 3.63) is 96.1 Å². The maximum Gasteiger partial charge on any atom is 0.231 e. The van der Waals surface area contributed by atoms with Crippen LogP contribution in [0.25, 0.3) is 0 Å². The van der Waals surface area contributed by atoms with E-state index >= 15 is 0 Å². The fourth-order valence-electron chi connectivity index (χ4n) is 3.67. The van der Waals surface area contributed by atoms with Crippen LogP contribution in [-0.4, -0.2) is 6.79 Å². The Kier molecular flexibility index (Phi) is 4.28. The molecule has 1 saturated carbocycles. The van der Waals surface area contributed by atoms with Gasteiger partial charge in [-0.2, -0.15) is 0 Å². The number of fused-ring (bicyclic) bond motifs is 1. The second-order valence-corrected chi connectivity index (χ2v) is 7.39. The van der Waals surface area contributed by atoms with Crippen molar-refractivity contribution in [3.63, 3.8) is 0 Å². The lowest BCUT2D eigenvalue weighted by Crippen LogP contribution is -2.02. The van der Waals surface area contributed by atoms with E-state index in [-0.39, 0.29) is 5.41 Å². The van der Waals surface area contributed by atoms with Crippen molar-refractivity contribution >= 4 is 0 Å². The highest BCUT2D eigenvalue weighted by Gasteiger charge is 2.42. The van der Waals surface area contributed by atoms with Crippen LogP contribution in [0.3, 0.4) is 0 Å². The van der Waals surface area contributed by atoms with E-state index in [0.29, 0.717) is 6.79 Å². The van der Waals surface area contributed by atoms with Gasteiger partial charge in [-0.1, -0.05) is 48.6 Å². The summed E-state index contributed by atoms with van der Waals surface area (Å²) in [6.07, 6.45) is 7.88. The Hall–Kier alpha value is -3.20. The molecule has 0 N–H and O–H groups in total. The summed E-state index contributed by atoms with van der Waals surface area (Å²) in [6, 6.07) is 24.5. The Labute approximate surface area is 165 Å². The second kappa shape index (κ2) is 7.08. The van der Waals surface area contributed by atoms with Gasteiger partial charge in [-0.05, 0) is 66.8 Å². The Bertz CT molecular complexity index is 1000. The molecule has 0 atom stereocenters. The minimum atomic E-state index is 0.152. The lowest BCUT2D eigenvalue weighted by Gasteiger charge is -2.11. The number of benzene rings is 3. The normalized spacial score (nSPS) is 16.3. The van der Waals surface area contributed by atoms with Gasteiger partial charge in [-0.15, -0.1) is 0 Å². The van der Waals surface area contributed by atoms with Crippen LogP contribution in [0.15, 0.2) is 84.9 Å². The number of ether oxygens (including phenoxy) is 3. The first-order valence-corrected chi connectivity index (χ1v) is 9.70. The predicted octanol–water partition coefficient (Wildman–Crippen LogP) is 6.04. The third-order valence-electron chi connectivity index (χ3n) is 5.40. The number of para-hydroxylation sites is 1. The monoisotopic (exact) mass is 370 g/mol. The first-order valence-electron chi connectivity index (χ1n) is 9.70. The van der Waals surface area contributed by atoms with Crippen LogP contribution in [-0.2, 0) is 11.8 Å². The fraction of sp³-hybridized carbons (Fsp3) is 0.200. The highest BCUT2D eigenvalue weighted by molar-refractivity contribution is 5.50. The summed E-state index contributed by atoms with van der Waals surface area (Å²) < 4.78 is 16.9. The largest absolute Gasteiger partial charge is 0.457 e. The van der Waals surface area contributed by atoms with Crippen molar-refractivity contribution in [2.45, 2.75) is 24.7 Å². The van der Waals surface area contributed by atoms with E-state index in [1.165, 1.54) is 24.0 Å². The Balaban J connectivity index is 1.27. The van der Waals surface area contributed by atoms with Gasteiger partial charge in [-0.3, -0.25) is 0 Å². The molecule has 0 unspecified atom stereocenters. The van der Waals surface area contributed by atoms with Gasteiger partial charge in [0.15, 0.2) is 11.5 Å².